The van der Waals surface area contributed by atoms with Gasteiger partial charge in [0.15, 0.2) is 21.5 Å². The molecule has 1 heterocycles. The van der Waals surface area contributed by atoms with Gasteiger partial charge in [-0.1, -0.05) is 26.0 Å². The smallest absolute Gasteiger partial charge is 0.328 e. The molecule has 178 valence electrons. The quantitative estimate of drug-likeness (QED) is 0.516. The number of halogens is 2. The Kier molecular flexibility index (Phi) is 8.71. The molecule has 0 aromatic heterocycles. The summed E-state index contributed by atoms with van der Waals surface area (Å²) in [6.07, 6.45) is 1.44. The number of carbonyl (C=O) groups is 3. The van der Waals surface area contributed by atoms with Gasteiger partial charge in [-0.15, -0.1) is 0 Å². The standard InChI is InChI=1S/C21H28F2N2O6S/c1-13(2)20(21(28)31-9-10-32(3,29)30)24-17(26)11-15-7-8-18(27)25(15)12-14-5-4-6-16(22)19(14)23/h4-6,13,15,20H,7-12H2,1-3H3,(H,24,26)/t15-,20-/m0/s1. The molecule has 11 heteroatoms. The van der Waals surface area contributed by atoms with Gasteiger partial charge in [-0.05, 0) is 18.4 Å². The van der Waals surface area contributed by atoms with Crippen LogP contribution in [0.15, 0.2) is 18.2 Å². The fourth-order valence-electron chi connectivity index (χ4n) is 3.40. The molecule has 1 N–H and O–H groups in total. The molecule has 1 saturated heterocycles. The maximum atomic E-state index is 14.0. The fourth-order valence-corrected chi connectivity index (χ4v) is 3.79. The Morgan fingerprint density at radius 3 is 2.59 bits per heavy atom. The molecule has 1 aromatic carbocycles. The minimum atomic E-state index is -3.30. The zero-order chi connectivity index (χ0) is 24.1. The van der Waals surface area contributed by atoms with E-state index < -0.39 is 45.4 Å². The largest absolute Gasteiger partial charge is 0.463 e. The van der Waals surface area contributed by atoms with E-state index in [1.54, 1.807) is 13.8 Å². The highest BCUT2D eigenvalue weighted by molar-refractivity contribution is 7.90. The summed E-state index contributed by atoms with van der Waals surface area (Å²) >= 11 is 0. The lowest BCUT2D eigenvalue weighted by molar-refractivity contribution is -0.148. The van der Waals surface area contributed by atoms with Crippen molar-refractivity contribution in [2.45, 2.75) is 51.7 Å². The van der Waals surface area contributed by atoms with Crippen LogP contribution >= 0.6 is 0 Å². The number of carbonyl (C=O) groups excluding carboxylic acids is 3. The van der Waals surface area contributed by atoms with Gasteiger partial charge in [0.25, 0.3) is 0 Å². The van der Waals surface area contributed by atoms with Crippen molar-refractivity contribution in [3.8, 4) is 0 Å². The van der Waals surface area contributed by atoms with Gasteiger partial charge in [-0.3, -0.25) is 9.59 Å². The Labute approximate surface area is 186 Å². The summed E-state index contributed by atoms with van der Waals surface area (Å²) in [7, 11) is -3.30. The van der Waals surface area contributed by atoms with Gasteiger partial charge in [0.1, 0.15) is 12.6 Å². The van der Waals surface area contributed by atoms with Gasteiger partial charge in [0.05, 0.1) is 5.75 Å². The SMILES string of the molecule is CC(C)[C@H](NC(=O)C[C@@H]1CCC(=O)N1Cc1cccc(F)c1F)C(=O)OCCS(C)(=O)=O. The van der Waals surface area contributed by atoms with Gasteiger partial charge < -0.3 is 15.0 Å². The maximum absolute atomic E-state index is 14.0. The monoisotopic (exact) mass is 474 g/mol. The lowest BCUT2D eigenvalue weighted by Gasteiger charge is -2.26. The van der Waals surface area contributed by atoms with Crippen molar-refractivity contribution < 1.29 is 36.3 Å². The van der Waals surface area contributed by atoms with E-state index in [9.17, 15) is 31.6 Å². The van der Waals surface area contributed by atoms with E-state index in [0.29, 0.717) is 6.42 Å². The van der Waals surface area contributed by atoms with Crippen LogP contribution in [0.5, 0.6) is 0 Å². The van der Waals surface area contributed by atoms with Crippen molar-refractivity contribution in [3.63, 3.8) is 0 Å². The van der Waals surface area contributed by atoms with Gasteiger partial charge >= 0.3 is 5.97 Å². The third-order valence-corrected chi connectivity index (χ3v) is 6.09. The summed E-state index contributed by atoms with van der Waals surface area (Å²) in [5.74, 6) is -4.23. The van der Waals surface area contributed by atoms with Crippen molar-refractivity contribution in [2.24, 2.45) is 5.92 Å². The van der Waals surface area contributed by atoms with Crippen LogP contribution < -0.4 is 5.32 Å². The van der Waals surface area contributed by atoms with Crippen LogP contribution in [0.25, 0.3) is 0 Å². The Morgan fingerprint density at radius 2 is 1.97 bits per heavy atom. The number of nitrogens with one attached hydrogen (secondary N) is 1. The predicted molar refractivity (Wildman–Crippen MR) is 112 cm³/mol. The van der Waals surface area contributed by atoms with E-state index in [1.807, 2.05) is 0 Å². The first-order chi connectivity index (χ1) is 14.9. The van der Waals surface area contributed by atoms with Crippen LogP contribution in [0.3, 0.4) is 0 Å². The summed E-state index contributed by atoms with van der Waals surface area (Å²) in [5.41, 5.74) is 0.0140. The summed E-state index contributed by atoms with van der Waals surface area (Å²) in [6.45, 7) is 2.91. The van der Waals surface area contributed by atoms with Crippen LogP contribution in [-0.4, -0.2) is 61.8 Å². The number of likely N-dealkylation sites (tertiary alicyclic amines) is 1. The van der Waals surface area contributed by atoms with E-state index in [0.717, 1.165) is 12.3 Å². The van der Waals surface area contributed by atoms with Crippen molar-refractivity contribution in [2.75, 3.05) is 18.6 Å². The van der Waals surface area contributed by atoms with Crippen molar-refractivity contribution in [1.29, 1.82) is 0 Å². The van der Waals surface area contributed by atoms with Crippen LogP contribution in [0, 0.1) is 17.6 Å². The molecule has 32 heavy (non-hydrogen) atoms. The molecule has 1 aromatic rings. The molecule has 2 atom stereocenters. The molecular formula is C21H28F2N2O6S. The molecule has 0 bridgehead atoms. The second kappa shape index (κ2) is 10.8. The first-order valence-electron chi connectivity index (χ1n) is 10.2. The fraction of sp³-hybridized carbons (Fsp3) is 0.571. The number of ether oxygens (including phenoxy) is 1. The Bertz CT molecular complexity index is 967. The van der Waals surface area contributed by atoms with Gasteiger partial charge in [-0.25, -0.2) is 22.0 Å². The van der Waals surface area contributed by atoms with Crippen LogP contribution in [0.2, 0.25) is 0 Å². The molecule has 2 rings (SSSR count). The number of rotatable bonds is 10. The highest BCUT2D eigenvalue weighted by Crippen LogP contribution is 2.25. The van der Waals surface area contributed by atoms with Gasteiger partial charge in [0, 0.05) is 37.2 Å². The second-order valence-electron chi connectivity index (χ2n) is 8.22. The zero-order valence-electron chi connectivity index (χ0n) is 18.3. The highest BCUT2D eigenvalue weighted by atomic mass is 32.2. The van der Waals surface area contributed by atoms with Crippen molar-refractivity contribution in [1.82, 2.24) is 10.2 Å². The maximum Gasteiger partial charge on any atom is 0.328 e. The number of hydrogen-bond donors (Lipinski definition) is 1. The zero-order valence-corrected chi connectivity index (χ0v) is 19.1. The van der Waals surface area contributed by atoms with Gasteiger partial charge in [-0.2, -0.15) is 0 Å². The minimum Gasteiger partial charge on any atom is -0.463 e. The molecule has 0 radical (unpaired) electrons. The topological polar surface area (TPSA) is 110 Å². The van der Waals surface area contributed by atoms with E-state index >= 15 is 0 Å². The first-order valence-corrected chi connectivity index (χ1v) is 12.3. The Morgan fingerprint density at radius 1 is 1.28 bits per heavy atom. The summed E-state index contributed by atoms with van der Waals surface area (Å²) in [6, 6.07) is 2.19. The van der Waals surface area contributed by atoms with E-state index in [-0.39, 0.29) is 49.1 Å². The summed E-state index contributed by atoms with van der Waals surface area (Å²) in [5, 5.41) is 2.58. The summed E-state index contributed by atoms with van der Waals surface area (Å²) < 4.78 is 54.8. The molecule has 0 saturated carbocycles. The van der Waals surface area contributed by atoms with Crippen LogP contribution in [0.4, 0.5) is 8.78 Å². The number of sulfone groups is 1. The molecule has 1 aliphatic rings. The molecule has 0 spiro atoms. The highest BCUT2D eigenvalue weighted by Gasteiger charge is 2.34. The minimum absolute atomic E-state index is 0.0140. The van der Waals surface area contributed by atoms with E-state index in [1.165, 1.54) is 17.0 Å². The molecule has 2 amide bonds. The predicted octanol–water partition coefficient (Wildman–Crippen LogP) is 1.57. The van der Waals surface area contributed by atoms with E-state index in [4.69, 9.17) is 4.74 Å². The molecule has 8 nitrogen and oxygen atoms in total. The number of amides is 2. The van der Waals surface area contributed by atoms with Crippen LogP contribution in [-0.2, 0) is 35.5 Å². The lowest BCUT2D eigenvalue weighted by atomic mass is 10.0. The van der Waals surface area contributed by atoms with Crippen molar-refractivity contribution in [3.05, 3.63) is 35.4 Å². The molecule has 0 aliphatic carbocycles. The lowest BCUT2D eigenvalue weighted by Crippen LogP contribution is -2.47. The number of benzene rings is 1. The average molecular weight is 475 g/mol. The van der Waals surface area contributed by atoms with E-state index in [2.05, 4.69) is 5.32 Å². The molecule has 0 unspecified atom stereocenters. The van der Waals surface area contributed by atoms with Crippen LogP contribution in [0.1, 0.15) is 38.7 Å². The second-order valence-corrected chi connectivity index (χ2v) is 10.5. The Hall–Kier alpha value is -2.56. The normalized spacial score (nSPS) is 17.5. The molecule has 1 aliphatic heterocycles. The van der Waals surface area contributed by atoms with Gasteiger partial charge in [0.2, 0.25) is 11.8 Å². The number of hydrogen-bond acceptors (Lipinski definition) is 6. The van der Waals surface area contributed by atoms with Crippen molar-refractivity contribution >= 4 is 27.6 Å². The Balaban J connectivity index is 2.00. The number of esters is 1. The molecule has 1 fully saturated rings. The first kappa shape index (κ1) is 25.7. The third-order valence-electron chi connectivity index (χ3n) is 5.18. The average Bonchev–Trinajstić information content (AvgIpc) is 3.01. The summed E-state index contributed by atoms with van der Waals surface area (Å²) in [4.78, 5) is 38.5. The third kappa shape index (κ3) is 7.25. The molecular weight excluding hydrogens is 446 g/mol. The number of nitrogens with zero attached hydrogens (tertiary/aromatic N) is 1.